The maximum atomic E-state index is 12.5. The normalized spacial score (nSPS) is 13.3. The number of nitrogens with one attached hydrogen (secondary N) is 1. The maximum absolute atomic E-state index is 12.5. The molecule has 1 aliphatic rings. The van der Waals surface area contributed by atoms with Crippen LogP contribution < -0.4 is 10.1 Å². The molecule has 0 unspecified atom stereocenters. The Bertz CT molecular complexity index is 864. The Hall–Kier alpha value is -2.85. The molecule has 142 valence electrons. The SMILES string of the molecule is Cc1csc(Cl)c1NC1=NCCN1C(=O)Oc1ccc(CO[N+](=O)[O-])cc1. The molecular formula is C16H15ClN4O5S. The molecule has 11 heteroatoms. The molecule has 0 aliphatic carbocycles. The number of aryl methyl sites for hydroxylation is 1. The summed E-state index contributed by atoms with van der Waals surface area (Å²) in [5.41, 5.74) is 2.26. The number of carbonyl (C=O) groups is 1. The minimum absolute atomic E-state index is 0.172. The van der Waals surface area contributed by atoms with Crippen LogP contribution in [0.4, 0.5) is 10.5 Å². The zero-order chi connectivity index (χ0) is 19.4. The predicted molar refractivity (Wildman–Crippen MR) is 101 cm³/mol. The summed E-state index contributed by atoms with van der Waals surface area (Å²) in [5, 5.41) is 14.3. The van der Waals surface area contributed by atoms with Crippen molar-refractivity contribution in [3.63, 3.8) is 0 Å². The smallest absolute Gasteiger partial charge is 0.410 e. The molecule has 0 spiro atoms. The number of carbonyl (C=O) groups excluding carboxylic acids is 1. The monoisotopic (exact) mass is 410 g/mol. The third kappa shape index (κ3) is 4.66. The van der Waals surface area contributed by atoms with Gasteiger partial charge in [0, 0.05) is 0 Å². The van der Waals surface area contributed by atoms with Crippen LogP contribution in [0.2, 0.25) is 4.34 Å². The quantitative estimate of drug-likeness (QED) is 0.595. The Kier molecular flexibility index (Phi) is 5.77. The molecule has 2 aromatic rings. The molecule has 0 saturated carbocycles. The molecule has 0 fully saturated rings. The number of hydrogen-bond donors (Lipinski definition) is 1. The Morgan fingerprint density at radius 2 is 2.19 bits per heavy atom. The van der Waals surface area contributed by atoms with Crippen LogP contribution >= 0.6 is 22.9 Å². The Balaban J connectivity index is 1.62. The number of anilines is 1. The van der Waals surface area contributed by atoms with E-state index in [-0.39, 0.29) is 6.61 Å². The summed E-state index contributed by atoms with van der Waals surface area (Å²) in [6, 6.07) is 6.24. The van der Waals surface area contributed by atoms with E-state index in [1.54, 1.807) is 12.1 Å². The number of guanidine groups is 1. The highest BCUT2D eigenvalue weighted by Gasteiger charge is 2.27. The fourth-order valence-corrected chi connectivity index (χ4v) is 3.40. The van der Waals surface area contributed by atoms with Gasteiger partial charge in [-0.2, -0.15) is 0 Å². The van der Waals surface area contributed by atoms with Gasteiger partial charge in [-0.05, 0) is 35.6 Å². The standard InChI is InChI=1S/C16H15ClN4O5S/c1-10-9-27-14(17)13(10)19-15-18-6-7-20(15)16(22)26-12-4-2-11(3-5-12)8-25-21(23)24/h2-5,9H,6-8H2,1H3,(H,18,19). The summed E-state index contributed by atoms with van der Waals surface area (Å²) in [6.45, 7) is 2.58. The second-order valence-corrected chi connectivity index (χ2v) is 7.04. The summed E-state index contributed by atoms with van der Waals surface area (Å²) < 4.78 is 5.94. The van der Waals surface area contributed by atoms with Crippen LogP contribution in [0.15, 0.2) is 34.6 Å². The first-order valence-electron chi connectivity index (χ1n) is 7.84. The van der Waals surface area contributed by atoms with Crippen LogP contribution in [-0.2, 0) is 11.4 Å². The van der Waals surface area contributed by atoms with E-state index in [0.29, 0.717) is 34.7 Å². The van der Waals surface area contributed by atoms with Gasteiger partial charge in [-0.15, -0.1) is 21.5 Å². The number of rotatable bonds is 5. The molecule has 1 N–H and O–H groups in total. The number of aliphatic imine (C=N–C) groups is 1. The van der Waals surface area contributed by atoms with Crippen molar-refractivity contribution in [2.75, 3.05) is 18.4 Å². The highest BCUT2D eigenvalue weighted by atomic mass is 35.5. The summed E-state index contributed by atoms with van der Waals surface area (Å²) in [6.07, 6.45) is -0.586. The van der Waals surface area contributed by atoms with E-state index in [1.165, 1.54) is 28.4 Å². The minimum atomic E-state index is -0.864. The highest BCUT2D eigenvalue weighted by Crippen LogP contribution is 2.32. The summed E-state index contributed by atoms with van der Waals surface area (Å²) in [5.74, 6) is 0.681. The van der Waals surface area contributed by atoms with E-state index in [9.17, 15) is 14.9 Å². The number of amides is 1. The first-order chi connectivity index (χ1) is 12.9. The van der Waals surface area contributed by atoms with Crippen LogP contribution in [0.5, 0.6) is 5.75 Å². The van der Waals surface area contributed by atoms with E-state index in [4.69, 9.17) is 16.3 Å². The van der Waals surface area contributed by atoms with E-state index < -0.39 is 11.2 Å². The molecule has 0 saturated heterocycles. The van der Waals surface area contributed by atoms with Crippen molar-refractivity contribution >= 4 is 40.7 Å². The molecule has 1 aliphatic heterocycles. The van der Waals surface area contributed by atoms with Crippen molar-refractivity contribution in [1.29, 1.82) is 0 Å². The zero-order valence-corrected chi connectivity index (χ0v) is 15.7. The number of thiophene rings is 1. The number of benzene rings is 1. The van der Waals surface area contributed by atoms with E-state index in [2.05, 4.69) is 15.1 Å². The van der Waals surface area contributed by atoms with Gasteiger partial charge in [0.2, 0.25) is 5.96 Å². The van der Waals surface area contributed by atoms with Gasteiger partial charge in [0.05, 0.1) is 18.8 Å². The molecule has 2 heterocycles. The van der Waals surface area contributed by atoms with E-state index in [1.807, 2.05) is 12.3 Å². The molecule has 9 nitrogen and oxygen atoms in total. The van der Waals surface area contributed by atoms with Crippen molar-refractivity contribution in [1.82, 2.24) is 4.90 Å². The zero-order valence-electron chi connectivity index (χ0n) is 14.2. The van der Waals surface area contributed by atoms with Crippen molar-refractivity contribution in [2.24, 2.45) is 4.99 Å². The van der Waals surface area contributed by atoms with Crippen LogP contribution in [0, 0.1) is 17.0 Å². The number of halogens is 1. The topological polar surface area (TPSA) is 106 Å². The first-order valence-corrected chi connectivity index (χ1v) is 9.10. The van der Waals surface area contributed by atoms with Crippen LogP contribution in [-0.4, -0.2) is 35.1 Å². The third-order valence-corrected chi connectivity index (χ3v) is 5.03. The molecule has 0 radical (unpaired) electrons. The first kappa shape index (κ1) is 18.9. The second kappa shape index (κ2) is 8.23. The Labute approximate surface area is 163 Å². The number of hydrogen-bond acceptors (Lipinski definition) is 8. The lowest BCUT2D eigenvalue weighted by Gasteiger charge is -2.19. The van der Waals surface area contributed by atoms with Gasteiger partial charge in [0.25, 0.3) is 5.09 Å². The Morgan fingerprint density at radius 1 is 1.44 bits per heavy atom. The summed E-state index contributed by atoms with van der Waals surface area (Å²) in [4.78, 5) is 32.6. The highest BCUT2D eigenvalue weighted by molar-refractivity contribution is 7.15. The Morgan fingerprint density at radius 3 is 2.81 bits per heavy atom. The summed E-state index contributed by atoms with van der Waals surface area (Å²) >= 11 is 7.55. The van der Waals surface area contributed by atoms with Gasteiger partial charge < -0.3 is 14.9 Å². The second-order valence-electron chi connectivity index (χ2n) is 5.56. The van der Waals surface area contributed by atoms with Gasteiger partial charge in [0.1, 0.15) is 16.7 Å². The average molecular weight is 411 g/mol. The molecule has 1 aromatic carbocycles. The molecule has 0 atom stereocenters. The summed E-state index contributed by atoms with van der Waals surface area (Å²) in [7, 11) is 0. The largest absolute Gasteiger partial charge is 0.422 e. The van der Waals surface area contributed by atoms with Gasteiger partial charge in [-0.1, -0.05) is 23.7 Å². The average Bonchev–Trinajstić information content (AvgIpc) is 3.23. The maximum Gasteiger partial charge on any atom is 0.422 e. The predicted octanol–water partition coefficient (Wildman–Crippen LogP) is 3.70. The molecular weight excluding hydrogens is 396 g/mol. The molecule has 27 heavy (non-hydrogen) atoms. The van der Waals surface area contributed by atoms with Crippen LogP contribution in [0.1, 0.15) is 11.1 Å². The third-order valence-electron chi connectivity index (χ3n) is 3.69. The van der Waals surface area contributed by atoms with E-state index >= 15 is 0 Å². The van der Waals surface area contributed by atoms with Crippen molar-refractivity contribution in [2.45, 2.75) is 13.5 Å². The van der Waals surface area contributed by atoms with Gasteiger partial charge in [-0.3, -0.25) is 4.99 Å². The van der Waals surface area contributed by atoms with Crippen molar-refractivity contribution in [3.8, 4) is 5.75 Å². The lowest BCUT2D eigenvalue weighted by molar-refractivity contribution is -0.763. The van der Waals surface area contributed by atoms with Crippen molar-refractivity contribution in [3.05, 3.63) is 55.2 Å². The van der Waals surface area contributed by atoms with Crippen LogP contribution in [0.25, 0.3) is 0 Å². The molecule has 1 aromatic heterocycles. The molecule has 0 bridgehead atoms. The lowest BCUT2D eigenvalue weighted by atomic mass is 10.2. The molecule has 3 rings (SSSR count). The van der Waals surface area contributed by atoms with Gasteiger partial charge >= 0.3 is 6.09 Å². The molecule has 1 amide bonds. The van der Waals surface area contributed by atoms with Gasteiger partial charge in [-0.25, -0.2) is 9.69 Å². The fourth-order valence-electron chi connectivity index (χ4n) is 2.34. The van der Waals surface area contributed by atoms with Crippen LogP contribution in [0.3, 0.4) is 0 Å². The van der Waals surface area contributed by atoms with Gasteiger partial charge in [0.15, 0.2) is 0 Å². The lowest BCUT2D eigenvalue weighted by Crippen LogP contribution is -2.40. The number of ether oxygens (including phenoxy) is 1. The minimum Gasteiger partial charge on any atom is -0.410 e. The van der Waals surface area contributed by atoms with E-state index in [0.717, 1.165) is 11.3 Å². The number of nitrogens with zero attached hydrogens (tertiary/aromatic N) is 3. The van der Waals surface area contributed by atoms with Crippen molar-refractivity contribution < 1.29 is 19.5 Å². The fraction of sp³-hybridized carbons (Fsp3) is 0.250.